The Morgan fingerprint density at radius 2 is 1.80 bits per heavy atom. The summed E-state index contributed by atoms with van der Waals surface area (Å²) < 4.78 is 12.3. The van der Waals surface area contributed by atoms with E-state index in [0.717, 1.165) is 5.56 Å². The molecule has 0 aliphatic carbocycles. The second kappa shape index (κ2) is 2.80. The van der Waals surface area contributed by atoms with Gasteiger partial charge in [-0.2, -0.15) is 0 Å². The molecule has 0 amide bonds. The molecule has 1 radical (unpaired) electrons. The van der Waals surface area contributed by atoms with E-state index >= 15 is 0 Å². The van der Waals surface area contributed by atoms with E-state index in [1.54, 1.807) is 12.1 Å². The molecule has 0 aliphatic heterocycles. The fourth-order valence-electron chi connectivity index (χ4n) is 0.710. The summed E-state index contributed by atoms with van der Waals surface area (Å²) in [5.74, 6) is -0.246. The minimum atomic E-state index is -0.263. The van der Waals surface area contributed by atoms with Gasteiger partial charge < -0.3 is 5.73 Å². The molecule has 2 heteroatoms. The van der Waals surface area contributed by atoms with Crippen LogP contribution in [-0.2, 0) is 0 Å². The topological polar surface area (TPSA) is 26.0 Å². The van der Waals surface area contributed by atoms with Crippen LogP contribution in [0.2, 0.25) is 0 Å². The van der Waals surface area contributed by atoms with Crippen molar-refractivity contribution in [2.75, 3.05) is 0 Å². The molecule has 0 heterocycles. The van der Waals surface area contributed by atoms with Crippen molar-refractivity contribution in [1.82, 2.24) is 0 Å². The lowest BCUT2D eigenvalue weighted by Gasteiger charge is -2.02. The largest absolute Gasteiger partial charge is 0.324 e. The summed E-state index contributed by atoms with van der Waals surface area (Å²) >= 11 is 0. The van der Waals surface area contributed by atoms with Crippen LogP contribution < -0.4 is 5.73 Å². The molecule has 0 saturated heterocycles. The second-order valence-corrected chi connectivity index (χ2v) is 2.16. The monoisotopic (exact) mass is 138 g/mol. The normalized spacial score (nSPS) is 13.1. The highest BCUT2D eigenvalue weighted by atomic mass is 19.1. The highest BCUT2D eigenvalue weighted by Crippen LogP contribution is 2.08. The number of nitrogens with two attached hydrogens (primary N) is 1. The van der Waals surface area contributed by atoms with Gasteiger partial charge in [0.15, 0.2) is 0 Å². The van der Waals surface area contributed by atoms with Gasteiger partial charge >= 0.3 is 0 Å². The van der Waals surface area contributed by atoms with Crippen LogP contribution in [0.25, 0.3) is 0 Å². The van der Waals surface area contributed by atoms with Crippen LogP contribution in [0.5, 0.6) is 0 Å². The van der Waals surface area contributed by atoms with Gasteiger partial charge in [-0.25, -0.2) is 4.39 Å². The van der Waals surface area contributed by atoms with Crippen molar-refractivity contribution in [3.05, 3.63) is 42.6 Å². The minimum Gasteiger partial charge on any atom is -0.324 e. The molecule has 0 spiro atoms. The molecule has 0 aromatic heterocycles. The van der Waals surface area contributed by atoms with Crippen molar-refractivity contribution in [2.24, 2.45) is 5.73 Å². The van der Waals surface area contributed by atoms with Gasteiger partial charge in [0, 0.05) is 6.04 Å². The maximum Gasteiger partial charge on any atom is 0.123 e. The van der Waals surface area contributed by atoms with Crippen LogP contribution >= 0.6 is 0 Å². The molecule has 0 unspecified atom stereocenters. The lowest BCUT2D eigenvalue weighted by Crippen LogP contribution is -2.04. The van der Waals surface area contributed by atoms with E-state index in [-0.39, 0.29) is 11.9 Å². The smallest absolute Gasteiger partial charge is 0.123 e. The van der Waals surface area contributed by atoms with Crippen LogP contribution in [0.15, 0.2) is 24.3 Å². The van der Waals surface area contributed by atoms with Gasteiger partial charge in [-0.05, 0) is 24.6 Å². The van der Waals surface area contributed by atoms with Gasteiger partial charge in [0.2, 0.25) is 0 Å². The number of rotatable bonds is 1. The minimum absolute atomic E-state index is 0.246. The molecule has 1 atom stereocenters. The Morgan fingerprint density at radius 1 is 1.30 bits per heavy atom. The molecule has 2 N–H and O–H groups in total. The van der Waals surface area contributed by atoms with E-state index in [1.807, 2.05) is 0 Å². The summed E-state index contributed by atoms with van der Waals surface area (Å²) in [7, 11) is 0. The molecule has 0 fully saturated rings. The lowest BCUT2D eigenvalue weighted by molar-refractivity contribution is 0.626. The summed E-state index contributed by atoms with van der Waals surface area (Å²) in [6.45, 7) is 3.59. The Labute approximate surface area is 59.7 Å². The summed E-state index contributed by atoms with van der Waals surface area (Å²) in [5, 5.41) is 0. The number of benzene rings is 1. The molecule has 1 rings (SSSR count). The molecule has 0 saturated carbocycles. The van der Waals surface area contributed by atoms with Crippen LogP contribution in [-0.4, -0.2) is 0 Å². The predicted octanol–water partition coefficient (Wildman–Crippen LogP) is 1.66. The van der Waals surface area contributed by atoms with Crippen LogP contribution in [0.3, 0.4) is 0 Å². The Hall–Kier alpha value is -0.890. The van der Waals surface area contributed by atoms with E-state index in [1.165, 1.54) is 12.1 Å². The molecule has 1 aromatic rings. The zero-order chi connectivity index (χ0) is 7.56. The van der Waals surface area contributed by atoms with E-state index in [4.69, 9.17) is 5.73 Å². The highest BCUT2D eigenvalue weighted by Gasteiger charge is 1.97. The van der Waals surface area contributed by atoms with E-state index in [2.05, 4.69) is 6.92 Å². The first kappa shape index (κ1) is 7.22. The van der Waals surface area contributed by atoms with Crippen LogP contribution in [0, 0.1) is 12.7 Å². The number of hydrogen-bond donors (Lipinski definition) is 1. The molecule has 1 aromatic carbocycles. The van der Waals surface area contributed by atoms with Crippen molar-refractivity contribution in [3.8, 4) is 0 Å². The summed E-state index contributed by atoms with van der Waals surface area (Å²) in [6, 6.07) is 5.75. The Morgan fingerprint density at radius 3 is 2.20 bits per heavy atom. The van der Waals surface area contributed by atoms with Crippen LogP contribution in [0.4, 0.5) is 4.39 Å². The van der Waals surface area contributed by atoms with Gasteiger partial charge in [0.25, 0.3) is 0 Å². The summed E-state index contributed by atoms with van der Waals surface area (Å²) in [4.78, 5) is 0. The summed E-state index contributed by atoms with van der Waals surface area (Å²) in [5.41, 5.74) is 6.28. The average molecular weight is 138 g/mol. The maximum absolute atomic E-state index is 12.3. The third-order valence-electron chi connectivity index (χ3n) is 1.30. The van der Waals surface area contributed by atoms with Crippen molar-refractivity contribution < 1.29 is 4.39 Å². The number of hydrogen-bond acceptors (Lipinski definition) is 1. The molecule has 10 heavy (non-hydrogen) atoms. The standard InChI is InChI=1S/C8H9FN/c1-6(10)7-2-4-8(9)5-3-7/h2-6H,1,10H2/t6-/m1/s1. The van der Waals surface area contributed by atoms with Crippen LogP contribution in [0.1, 0.15) is 11.6 Å². The Kier molecular flexibility index (Phi) is 2.02. The average Bonchev–Trinajstić information content (AvgIpc) is 1.88. The molecule has 1 nitrogen and oxygen atoms in total. The van der Waals surface area contributed by atoms with Gasteiger partial charge in [-0.15, -0.1) is 0 Å². The van der Waals surface area contributed by atoms with E-state index < -0.39 is 0 Å². The van der Waals surface area contributed by atoms with Gasteiger partial charge in [0.05, 0.1) is 0 Å². The van der Waals surface area contributed by atoms with Gasteiger partial charge in [0.1, 0.15) is 5.82 Å². The van der Waals surface area contributed by atoms with Gasteiger partial charge in [-0.3, -0.25) is 0 Å². The second-order valence-electron chi connectivity index (χ2n) is 2.16. The Balaban J connectivity index is 2.89. The number of halogens is 1. The van der Waals surface area contributed by atoms with Gasteiger partial charge in [-0.1, -0.05) is 12.1 Å². The highest BCUT2D eigenvalue weighted by molar-refractivity contribution is 5.19. The van der Waals surface area contributed by atoms with E-state index in [9.17, 15) is 4.39 Å². The SMILES string of the molecule is [CH2][C@@H](N)c1ccc(F)cc1. The fraction of sp³-hybridized carbons (Fsp3) is 0.125. The lowest BCUT2D eigenvalue weighted by atomic mass is 10.1. The van der Waals surface area contributed by atoms with Crippen molar-refractivity contribution in [3.63, 3.8) is 0 Å². The molecular weight excluding hydrogens is 129 g/mol. The maximum atomic E-state index is 12.3. The zero-order valence-electron chi connectivity index (χ0n) is 5.55. The first-order valence-corrected chi connectivity index (χ1v) is 3.04. The molecule has 53 valence electrons. The molecule has 0 aliphatic rings. The van der Waals surface area contributed by atoms with E-state index in [0.29, 0.717) is 0 Å². The third-order valence-corrected chi connectivity index (χ3v) is 1.30. The third kappa shape index (κ3) is 1.54. The first-order chi connectivity index (χ1) is 4.70. The van der Waals surface area contributed by atoms with Crippen molar-refractivity contribution >= 4 is 0 Å². The van der Waals surface area contributed by atoms with Crippen molar-refractivity contribution in [2.45, 2.75) is 6.04 Å². The fourth-order valence-corrected chi connectivity index (χ4v) is 0.710. The quantitative estimate of drug-likeness (QED) is 0.627. The first-order valence-electron chi connectivity index (χ1n) is 3.04. The van der Waals surface area contributed by atoms with Crippen molar-refractivity contribution in [1.29, 1.82) is 0 Å². The Bertz CT molecular complexity index is 203. The zero-order valence-corrected chi connectivity index (χ0v) is 5.55. The molecular formula is C8H9FN. The summed E-state index contributed by atoms with van der Waals surface area (Å²) in [6.07, 6.45) is 0. The predicted molar refractivity (Wildman–Crippen MR) is 38.7 cm³/mol. The molecule has 0 bridgehead atoms.